The zero-order valence-corrected chi connectivity index (χ0v) is 17.7. The normalized spacial score (nSPS) is 17.7. The van der Waals surface area contributed by atoms with Crippen LogP contribution in [0, 0.1) is 0 Å². The molecular weight excluding hydrogens is 390 g/mol. The highest BCUT2D eigenvalue weighted by Crippen LogP contribution is 2.27. The summed E-state index contributed by atoms with van der Waals surface area (Å²) in [5, 5.41) is 12.7. The minimum atomic E-state index is -0.979. The minimum absolute atomic E-state index is 0.152. The molecule has 3 N–H and O–H groups in total. The third-order valence-electron chi connectivity index (χ3n) is 5.75. The van der Waals surface area contributed by atoms with Crippen molar-refractivity contribution in [3.63, 3.8) is 0 Å². The van der Waals surface area contributed by atoms with Crippen LogP contribution in [0.2, 0.25) is 0 Å². The zero-order valence-electron chi connectivity index (χ0n) is 17.7. The highest BCUT2D eigenvalue weighted by atomic mass is 16.4. The Morgan fingerprint density at radius 1 is 1.16 bits per heavy atom. The predicted octanol–water partition coefficient (Wildman–Crippen LogP) is 3.28. The molecule has 0 aromatic heterocycles. The lowest BCUT2D eigenvalue weighted by Gasteiger charge is -2.26. The molecule has 0 fully saturated rings. The summed E-state index contributed by atoms with van der Waals surface area (Å²) < 4.78 is 0. The molecule has 0 saturated heterocycles. The number of nitrogens with one attached hydrogen (secondary N) is 2. The van der Waals surface area contributed by atoms with E-state index in [9.17, 15) is 14.7 Å². The molecule has 0 bridgehead atoms. The summed E-state index contributed by atoms with van der Waals surface area (Å²) in [4.78, 5) is 30.3. The van der Waals surface area contributed by atoms with Crippen LogP contribution in [0.5, 0.6) is 0 Å². The summed E-state index contributed by atoms with van der Waals surface area (Å²) in [5.74, 6) is -0.504. The number of aliphatic imine (C=N–C) groups is 1. The molecule has 0 aliphatic carbocycles. The molecule has 31 heavy (non-hydrogen) atoms. The number of hydrogen-bond donors (Lipinski definition) is 3. The fourth-order valence-corrected chi connectivity index (χ4v) is 4.19. The first-order chi connectivity index (χ1) is 15.0. The molecule has 2 aromatic rings. The number of carbonyl (C=O) groups excluding carboxylic acids is 1. The van der Waals surface area contributed by atoms with E-state index in [-0.39, 0.29) is 11.5 Å². The Hall–Kier alpha value is -3.51. The van der Waals surface area contributed by atoms with Gasteiger partial charge in [0.15, 0.2) is 0 Å². The van der Waals surface area contributed by atoms with E-state index in [2.05, 4.69) is 17.2 Å². The van der Waals surface area contributed by atoms with E-state index in [0.29, 0.717) is 23.5 Å². The molecule has 2 aromatic carbocycles. The highest BCUT2D eigenvalue weighted by molar-refractivity contribution is 6.06. The number of nitrogens with zero attached hydrogens (tertiary/aromatic N) is 1. The first-order valence-electron chi connectivity index (χ1n) is 10.6. The van der Waals surface area contributed by atoms with E-state index in [0.717, 1.165) is 46.7 Å². The number of amides is 1. The van der Waals surface area contributed by atoms with E-state index in [1.54, 1.807) is 12.3 Å². The Morgan fingerprint density at radius 2 is 1.94 bits per heavy atom. The molecule has 158 valence electrons. The van der Waals surface area contributed by atoms with Gasteiger partial charge in [0.25, 0.3) is 5.91 Å². The molecular formula is C25H26N3O3+. The predicted molar refractivity (Wildman–Crippen MR) is 119 cm³/mol. The molecule has 2 aliphatic rings. The molecule has 4 rings (SSSR count). The molecule has 6 heteroatoms. The summed E-state index contributed by atoms with van der Waals surface area (Å²) in [6, 6.07) is 14.9. The molecule has 1 atom stereocenters. The number of carbonyl (C=O) groups is 2. The van der Waals surface area contributed by atoms with Crippen molar-refractivity contribution in [3.05, 3.63) is 82.8 Å². The number of unbranched alkanes of at least 4 members (excludes halogenated alkanes) is 1. The van der Waals surface area contributed by atoms with Crippen LogP contribution in [0.25, 0.3) is 11.1 Å². The average Bonchev–Trinajstić information content (AvgIpc) is 3.14. The first kappa shape index (κ1) is 20.8. The summed E-state index contributed by atoms with van der Waals surface area (Å²) in [5.41, 5.74) is 5.33. The van der Waals surface area contributed by atoms with Gasteiger partial charge >= 0.3 is 11.9 Å². The van der Waals surface area contributed by atoms with Gasteiger partial charge in [-0.1, -0.05) is 55.8 Å². The van der Waals surface area contributed by atoms with Crippen molar-refractivity contribution in [2.45, 2.75) is 39.5 Å². The lowest BCUT2D eigenvalue weighted by molar-refractivity contribution is -0.720. The monoisotopic (exact) mass is 416 g/mol. The number of benzene rings is 2. The Kier molecular flexibility index (Phi) is 5.82. The third-order valence-corrected chi connectivity index (χ3v) is 5.75. The number of guanidine groups is 1. The van der Waals surface area contributed by atoms with E-state index < -0.39 is 5.97 Å². The molecule has 0 spiro atoms. The average molecular weight is 417 g/mol. The summed E-state index contributed by atoms with van der Waals surface area (Å²) in [6.45, 7) is 4.13. The van der Waals surface area contributed by atoms with Gasteiger partial charge in [0.05, 0.1) is 17.3 Å². The maximum Gasteiger partial charge on any atom is 0.336 e. The Balaban J connectivity index is 1.74. The Morgan fingerprint density at radius 3 is 2.65 bits per heavy atom. The fourth-order valence-electron chi connectivity index (χ4n) is 4.19. The number of fused-ring (bicyclic) bond motifs is 1. The van der Waals surface area contributed by atoms with Crippen LogP contribution in [-0.4, -0.2) is 22.9 Å². The Labute approximate surface area is 181 Å². The van der Waals surface area contributed by atoms with Gasteiger partial charge in [0, 0.05) is 19.8 Å². The maximum absolute atomic E-state index is 12.9. The second-order valence-corrected chi connectivity index (χ2v) is 7.91. The van der Waals surface area contributed by atoms with Crippen molar-refractivity contribution in [1.29, 1.82) is 0 Å². The zero-order chi connectivity index (χ0) is 22.0. The van der Waals surface area contributed by atoms with Crippen molar-refractivity contribution >= 4 is 17.8 Å². The molecule has 1 amide bonds. The smallest absolute Gasteiger partial charge is 0.336 e. The summed E-state index contributed by atoms with van der Waals surface area (Å²) >= 11 is 0. The third kappa shape index (κ3) is 4.07. The topological polar surface area (TPSA) is 83.2 Å². The maximum atomic E-state index is 12.9. The van der Waals surface area contributed by atoms with Crippen LogP contribution in [0.3, 0.4) is 0 Å². The van der Waals surface area contributed by atoms with Crippen LogP contribution >= 0.6 is 0 Å². The van der Waals surface area contributed by atoms with Crippen LogP contribution in [0.4, 0.5) is 0 Å². The largest absolute Gasteiger partial charge is 0.478 e. The molecule has 0 saturated carbocycles. The first-order valence-corrected chi connectivity index (χ1v) is 10.6. The van der Waals surface area contributed by atoms with Gasteiger partial charge in [-0.25, -0.2) is 9.69 Å². The van der Waals surface area contributed by atoms with Gasteiger partial charge in [0.1, 0.15) is 11.4 Å². The van der Waals surface area contributed by atoms with Gasteiger partial charge in [0.2, 0.25) is 0 Å². The number of quaternary nitrogens is 1. The van der Waals surface area contributed by atoms with Gasteiger partial charge in [-0.15, -0.1) is 0 Å². The van der Waals surface area contributed by atoms with E-state index >= 15 is 0 Å². The van der Waals surface area contributed by atoms with Crippen LogP contribution in [-0.2, 0) is 11.2 Å². The number of aromatic carboxylic acids is 1. The minimum Gasteiger partial charge on any atom is -0.478 e. The number of carboxylic acid groups (broad SMARTS) is 1. The number of carboxylic acids is 1. The van der Waals surface area contributed by atoms with Crippen molar-refractivity contribution in [2.24, 2.45) is 4.99 Å². The standard InChI is InChI=1S/C25H25N3O3/c1-3-4-10-22-21(23(29)27-25-26-15-16(2)28(22)25)14-17-11-12-19(20(13-17)24(30)31)18-8-6-5-7-9-18/h5-9,11-13,15H,3-4,10,14H2,1-2H3,(H,30,31)(H,26,27,29)/p+1. The van der Waals surface area contributed by atoms with Crippen LogP contribution in [0.15, 0.2) is 76.7 Å². The second kappa shape index (κ2) is 8.70. The van der Waals surface area contributed by atoms with Crippen molar-refractivity contribution in [3.8, 4) is 11.1 Å². The van der Waals surface area contributed by atoms with E-state index in [1.165, 1.54) is 0 Å². The molecule has 0 radical (unpaired) electrons. The van der Waals surface area contributed by atoms with Crippen LogP contribution in [0.1, 0.15) is 49.0 Å². The Bertz CT molecular complexity index is 1130. The van der Waals surface area contributed by atoms with E-state index in [4.69, 9.17) is 0 Å². The van der Waals surface area contributed by atoms with Crippen LogP contribution < -0.4 is 10.2 Å². The molecule has 2 heterocycles. The SMILES string of the molecule is CCCCC1=C(Cc2ccc(-c3ccccc3)c(C(=O)O)c2)C(=O)NC2=NC=C(C)[NH+]21. The second-order valence-electron chi connectivity index (χ2n) is 7.91. The molecule has 6 nitrogen and oxygen atoms in total. The van der Waals surface area contributed by atoms with Gasteiger partial charge < -0.3 is 5.11 Å². The summed E-state index contributed by atoms with van der Waals surface area (Å²) in [6.07, 6.45) is 4.97. The molecule has 2 aliphatic heterocycles. The van der Waals surface area contributed by atoms with E-state index in [1.807, 2.05) is 49.4 Å². The van der Waals surface area contributed by atoms with Gasteiger partial charge in [-0.2, -0.15) is 4.99 Å². The fraction of sp³-hybridized carbons (Fsp3) is 0.240. The molecule has 1 unspecified atom stereocenters. The van der Waals surface area contributed by atoms with Gasteiger partial charge in [-0.05, 0) is 29.2 Å². The van der Waals surface area contributed by atoms with Crippen molar-refractivity contribution in [1.82, 2.24) is 5.32 Å². The summed E-state index contributed by atoms with van der Waals surface area (Å²) in [7, 11) is 0. The van der Waals surface area contributed by atoms with Crippen molar-refractivity contribution < 1.29 is 19.6 Å². The quantitative estimate of drug-likeness (QED) is 0.648. The lowest BCUT2D eigenvalue weighted by Crippen LogP contribution is -3.13. The number of hydrogen-bond acceptors (Lipinski definition) is 3. The highest BCUT2D eigenvalue weighted by Gasteiger charge is 2.39. The number of allylic oxidation sites excluding steroid dienone is 2. The number of rotatable bonds is 7. The van der Waals surface area contributed by atoms with Crippen molar-refractivity contribution in [2.75, 3.05) is 0 Å². The van der Waals surface area contributed by atoms with Gasteiger partial charge in [-0.3, -0.25) is 10.1 Å². The lowest BCUT2D eigenvalue weighted by atomic mass is 9.93.